The predicted molar refractivity (Wildman–Crippen MR) is 76.9 cm³/mol. The molecule has 0 aliphatic carbocycles. The number of nitrogens with one attached hydrogen (secondary N) is 3. The molecule has 0 saturated carbocycles. The van der Waals surface area contributed by atoms with Crippen LogP contribution in [0.4, 0.5) is 21.8 Å². The first-order chi connectivity index (χ1) is 10.3. The summed E-state index contributed by atoms with van der Waals surface area (Å²) in [5.41, 5.74) is 1.12. The highest BCUT2D eigenvalue weighted by Gasteiger charge is 2.10. The molecule has 3 aromatic rings. The van der Waals surface area contributed by atoms with E-state index in [0.29, 0.717) is 35.0 Å². The molecule has 2 heterocycles. The van der Waals surface area contributed by atoms with Crippen molar-refractivity contribution < 1.29 is 9.50 Å². The van der Waals surface area contributed by atoms with Crippen LogP contribution in [0.15, 0.2) is 30.5 Å². The minimum Gasteiger partial charge on any atom is -0.395 e. The second kappa shape index (κ2) is 5.71. The fraction of sp³-hybridized carbons (Fsp3) is 0.154. The van der Waals surface area contributed by atoms with Gasteiger partial charge in [0.05, 0.1) is 18.2 Å². The van der Waals surface area contributed by atoms with Gasteiger partial charge in [-0.2, -0.15) is 15.1 Å². The molecule has 0 fully saturated rings. The summed E-state index contributed by atoms with van der Waals surface area (Å²) >= 11 is 0. The molecule has 108 valence electrons. The largest absolute Gasteiger partial charge is 0.395 e. The smallest absolute Gasteiger partial charge is 0.226 e. The molecular weight excluding hydrogens is 275 g/mol. The lowest BCUT2D eigenvalue weighted by Crippen LogP contribution is -2.09. The summed E-state index contributed by atoms with van der Waals surface area (Å²) in [4.78, 5) is 8.54. The lowest BCUT2D eigenvalue weighted by atomic mass is 10.3. The summed E-state index contributed by atoms with van der Waals surface area (Å²) in [5, 5.41) is 22.1. The van der Waals surface area contributed by atoms with Crippen LogP contribution in [0.3, 0.4) is 0 Å². The van der Waals surface area contributed by atoms with Crippen molar-refractivity contribution in [2.45, 2.75) is 0 Å². The van der Waals surface area contributed by atoms with Crippen molar-refractivity contribution >= 4 is 28.5 Å². The fourth-order valence-corrected chi connectivity index (χ4v) is 1.88. The zero-order valence-electron chi connectivity index (χ0n) is 11.0. The molecule has 0 aliphatic heterocycles. The van der Waals surface area contributed by atoms with Gasteiger partial charge in [-0.15, -0.1) is 0 Å². The van der Waals surface area contributed by atoms with E-state index in [2.05, 4.69) is 30.8 Å². The van der Waals surface area contributed by atoms with E-state index in [9.17, 15) is 4.39 Å². The van der Waals surface area contributed by atoms with Crippen molar-refractivity contribution in [1.29, 1.82) is 0 Å². The van der Waals surface area contributed by atoms with Gasteiger partial charge in [0.25, 0.3) is 0 Å². The molecule has 0 bridgehead atoms. The van der Waals surface area contributed by atoms with Crippen LogP contribution in [-0.4, -0.2) is 38.4 Å². The fourth-order valence-electron chi connectivity index (χ4n) is 1.88. The maximum absolute atomic E-state index is 13.2. The Bertz CT molecular complexity index is 759. The van der Waals surface area contributed by atoms with Gasteiger partial charge in [0.2, 0.25) is 5.95 Å². The number of nitrogens with zero attached hydrogens (tertiary/aromatic N) is 3. The first-order valence-corrected chi connectivity index (χ1v) is 6.35. The number of fused-ring (bicyclic) bond motifs is 1. The molecular formula is C13H13FN6O. The normalized spacial score (nSPS) is 10.8. The summed E-state index contributed by atoms with van der Waals surface area (Å²) in [6.07, 6.45) is 1.59. The highest BCUT2D eigenvalue weighted by Crippen LogP contribution is 2.24. The van der Waals surface area contributed by atoms with E-state index < -0.39 is 0 Å². The number of hydrogen-bond donors (Lipinski definition) is 4. The molecule has 21 heavy (non-hydrogen) atoms. The van der Waals surface area contributed by atoms with Crippen molar-refractivity contribution in [3.63, 3.8) is 0 Å². The molecule has 0 aliphatic rings. The van der Waals surface area contributed by atoms with E-state index in [1.165, 1.54) is 12.1 Å². The van der Waals surface area contributed by atoms with E-state index >= 15 is 0 Å². The molecule has 1 aromatic carbocycles. The van der Waals surface area contributed by atoms with Gasteiger partial charge in [-0.25, -0.2) is 4.39 Å². The van der Waals surface area contributed by atoms with Gasteiger partial charge in [-0.1, -0.05) is 6.07 Å². The number of aliphatic hydroxyl groups is 1. The van der Waals surface area contributed by atoms with Crippen LogP contribution in [0, 0.1) is 5.82 Å². The van der Waals surface area contributed by atoms with Crippen molar-refractivity contribution in [3.05, 3.63) is 36.3 Å². The second-order valence-corrected chi connectivity index (χ2v) is 4.31. The van der Waals surface area contributed by atoms with Crippen LogP contribution in [0.1, 0.15) is 0 Å². The molecule has 2 aromatic heterocycles. The maximum Gasteiger partial charge on any atom is 0.226 e. The SMILES string of the molecule is OCCNc1nc(Nc2cccc(F)c2)c2cn[nH]c2n1. The van der Waals surface area contributed by atoms with Crippen molar-refractivity contribution in [1.82, 2.24) is 20.2 Å². The van der Waals surface area contributed by atoms with Gasteiger partial charge >= 0.3 is 0 Å². The third-order valence-electron chi connectivity index (χ3n) is 2.79. The van der Waals surface area contributed by atoms with Gasteiger partial charge in [0.1, 0.15) is 11.6 Å². The first kappa shape index (κ1) is 13.3. The predicted octanol–water partition coefficient (Wildman–Crippen LogP) is 1.64. The first-order valence-electron chi connectivity index (χ1n) is 6.35. The molecule has 8 heteroatoms. The zero-order chi connectivity index (χ0) is 14.7. The van der Waals surface area contributed by atoms with Crippen LogP contribution >= 0.6 is 0 Å². The quantitative estimate of drug-likeness (QED) is 0.569. The summed E-state index contributed by atoms with van der Waals surface area (Å²) < 4.78 is 13.2. The van der Waals surface area contributed by atoms with Crippen LogP contribution < -0.4 is 10.6 Å². The standard InChI is InChI=1S/C13H13FN6O/c14-8-2-1-3-9(6-8)17-11-10-7-16-20-12(10)19-13(18-11)15-4-5-21/h1-3,6-7,21H,4-5H2,(H3,15,16,17,18,19,20). The number of benzene rings is 1. The topological polar surface area (TPSA) is 98.7 Å². The van der Waals surface area contributed by atoms with E-state index in [4.69, 9.17) is 5.11 Å². The second-order valence-electron chi connectivity index (χ2n) is 4.31. The lowest BCUT2D eigenvalue weighted by Gasteiger charge is -2.09. The highest BCUT2D eigenvalue weighted by molar-refractivity contribution is 5.88. The number of aliphatic hydroxyl groups excluding tert-OH is 1. The van der Waals surface area contributed by atoms with Crippen molar-refractivity contribution in [2.75, 3.05) is 23.8 Å². The van der Waals surface area contributed by atoms with Crippen LogP contribution in [0.5, 0.6) is 0 Å². The molecule has 7 nitrogen and oxygen atoms in total. The molecule has 0 unspecified atom stereocenters. The van der Waals surface area contributed by atoms with Crippen molar-refractivity contribution in [3.8, 4) is 0 Å². The lowest BCUT2D eigenvalue weighted by molar-refractivity contribution is 0.311. The number of aromatic amines is 1. The average Bonchev–Trinajstić information content (AvgIpc) is 2.94. The number of hydrogen-bond acceptors (Lipinski definition) is 6. The maximum atomic E-state index is 13.2. The number of H-pyrrole nitrogens is 1. The Kier molecular flexibility index (Phi) is 3.61. The van der Waals surface area contributed by atoms with Crippen LogP contribution in [0.2, 0.25) is 0 Å². The molecule has 3 rings (SSSR count). The van der Waals surface area contributed by atoms with E-state index in [1.807, 2.05) is 0 Å². The van der Waals surface area contributed by atoms with E-state index in [1.54, 1.807) is 18.3 Å². The third-order valence-corrected chi connectivity index (χ3v) is 2.79. The Hall–Kier alpha value is -2.74. The molecule has 0 amide bonds. The molecule has 0 saturated heterocycles. The number of halogens is 1. The van der Waals surface area contributed by atoms with Crippen LogP contribution in [-0.2, 0) is 0 Å². The van der Waals surface area contributed by atoms with Gasteiger partial charge in [-0.05, 0) is 18.2 Å². The Labute approximate surface area is 119 Å². The molecule has 0 radical (unpaired) electrons. The Balaban J connectivity index is 1.97. The van der Waals surface area contributed by atoms with Gasteiger partial charge < -0.3 is 15.7 Å². The minimum absolute atomic E-state index is 0.0307. The van der Waals surface area contributed by atoms with Gasteiger partial charge in [0, 0.05) is 12.2 Å². The molecule has 0 atom stereocenters. The third kappa shape index (κ3) is 2.90. The average molecular weight is 288 g/mol. The van der Waals surface area contributed by atoms with Gasteiger partial charge in [-0.3, -0.25) is 5.10 Å². The van der Waals surface area contributed by atoms with E-state index in [0.717, 1.165) is 0 Å². The Morgan fingerprint density at radius 1 is 1.29 bits per heavy atom. The Morgan fingerprint density at radius 3 is 3.00 bits per heavy atom. The monoisotopic (exact) mass is 288 g/mol. The summed E-state index contributed by atoms with van der Waals surface area (Å²) in [6.45, 7) is 0.302. The number of rotatable bonds is 5. The van der Waals surface area contributed by atoms with Crippen molar-refractivity contribution in [2.24, 2.45) is 0 Å². The summed E-state index contributed by atoms with van der Waals surface area (Å²) in [7, 11) is 0. The minimum atomic E-state index is -0.337. The number of aromatic nitrogens is 4. The molecule has 0 spiro atoms. The highest BCUT2D eigenvalue weighted by atomic mass is 19.1. The van der Waals surface area contributed by atoms with Gasteiger partial charge in [0.15, 0.2) is 5.65 Å². The summed E-state index contributed by atoms with van der Waals surface area (Å²) in [6, 6.07) is 6.08. The van der Waals surface area contributed by atoms with E-state index in [-0.39, 0.29) is 12.4 Å². The molecule has 4 N–H and O–H groups in total. The number of anilines is 3. The zero-order valence-corrected chi connectivity index (χ0v) is 11.0. The summed E-state index contributed by atoms with van der Waals surface area (Å²) in [5.74, 6) is 0.510. The Morgan fingerprint density at radius 2 is 2.19 bits per heavy atom. The van der Waals surface area contributed by atoms with Crippen LogP contribution in [0.25, 0.3) is 11.0 Å².